The molecule has 0 spiro atoms. The van der Waals surface area contributed by atoms with Crippen LogP contribution in [0.2, 0.25) is 0 Å². The lowest BCUT2D eigenvalue weighted by molar-refractivity contribution is -0.128. The summed E-state index contributed by atoms with van der Waals surface area (Å²) >= 11 is 0. The molecule has 27 heavy (non-hydrogen) atoms. The van der Waals surface area contributed by atoms with Gasteiger partial charge in [-0.05, 0) is 52.5 Å². The minimum atomic E-state index is -0.751. The molecular weight excluding hydrogens is 338 g/mol. The number of carbonyl (C=O) groups excluding carboxylic acids is 2. The number of amides is 2. The van der Waals surface area contributed by atoms with Crippen molar-refractivity contribution in [1.82, 2.24) is 15.2 Å². The van der Waals surface area contributed by atoms with Crippen LogP contribution in [0.1, 0.15) is 98.9 Å². The smallest absolute Gasteiger partial charge is 0.253 e. The van der Waals surface area contributed by atoms with Gasteiger partial charge in [0.05, 0.1) is 5.56 Å². The lowest BCUT2D eigenvalue weighted by atomic mass is 9.80. The zero-order chi connectivity index (χ0) is 19.4. The van der Waals surface area contributed by atoms with Crippen LogP contribution < -0.4 is 10.6 Å². The molecule has 0 bridgehead atoms. The molecule has 0 aliphatic heterocycles. The lowest BCUT2D eigenvalue weighted by Gasteiger charge is -2.36. The summed E-state index contributed by atoms with van der Waals surface area (Å²) in [5, 5.41) is 6.09. The van der Waals surface area contributed by atoms with Gasteiger partial charge in [0.15, 0.2) is 0 Å². The van der Waals surface area contributed by atoms with E-state index in [2.05, 4.69) is 29.0 Å². The number of aromatic nitrogens is 1. The largest absolute Gasteiger partial charge is 0.354 e. The third kappa shape index (κ3) is 4.07. The van der Waals surface area contributed by atoms with Crippen molar-refractivity contribution in [2.45, 2.75) is 96.6 Å². The fourth-order valence-electron chi connectivity index (χ4n) is 5.09. The molecule has 5 nitrogen and oxygen atoms in total. The second-order valence-corrected chi connectivity index (χ2v) is 8.40. The molecule has 2 N–H and O–H groups in total. The lowest BCUT2D eigenvalue weighted by Crippen LogP contribution is -2.59. The Hall–Kier alpha value is -1.78. The Kier molecular flexibility index (Phi) is 6.28. The monoisotopic (exact) mass is 373 g/mol. The number of rotatable bonds is 5. The first-order chi connectivity index (χ1) is 13.0. The molecule has 2 saturated carbocycles. The first-order valence-corrected chi connectivity index (χ1v) is 10.8. The molecule has 5 heteroatoms. The average molecular weight is 374 g/mol. The molecule has 2 aliphatic rings. The zero-order valence-corrected chi connectivity index (χ0v) is 17.2. The molecule has 0 unspecified atom stereocenters. The van der Waals surface area contributed by atoms with Crippen molar-refractivity contribution in [2.75, 3.05) is 6.54 Å². The van der Waals surface area contributed by atoms with Crippen LogP contribution in [0.5, 0.6) is 0 Å². The highest BCUT2D eigenvalue weighted by Crippen LogP contribution is 2.33. The number of nitrogens with one attached hydrogen (secondary N) is 2. The molecule has 1 heterocycles. The number of carbonyl (C=O) groups is 2. The van der Waals surface area contributed by atoms with Crippen molar-refractivity contribution in [3.05, 3.63) is 23.0 Å². The molecule has 0 radical (unpaired) electrons. The fraction of sp³-hybridized carbons (Fsp3) is 0.727. The van der Waals surface area contributed by atoms with E-state index in [-0.39, 0.29) is 11.8 Å². The average Bonchev–Trinajstić information content (AvgIpc) is 2.97. The topological polar surface area (TPSA) is 63.1 Å². The molecule has 150 valence electrons. The van der Waals surface area contributed by atoms with Crippen LogP contribution >= 0.6 is 0 Å². The first kappa shape index (κ1) is 20.0. The van der Waals surface area contributed by atoms with E-state index in [0.717, 1.165) is 49.1 Å². The minimum Gasteiger partial charge on any atom is -0.354 e. The summed E-state index contributed by atoms with van der Waals surface area (Å²) in [6, 6.07) is 2.51. The van der Waals surface area contributed by atoms with Gasteiger partial charge in [0.1, 0.15) is 5.54 Å². The predicted octanol–water partition coefficient (Wildman–Crippen LogP) is 4.18. The molecule has 0 atom stereocenters. The maximum Gasteiger partial charge on any atom is 0.253 e. The Morgan fingerprint density at radius 2 is 1.70 bits per heavy atom. The summed E-state index contributed by atoms with van der Waals surface area (Å²) in [6.45, 7) is 6.66. The van der Waals surface area contributed by atoms with Gasteiger partial charge in [-0.2, -0.15) is 0 Å². The van der Waals surface area contributed by atoms with Gasteiger partial charge in [0, 0.05) is 24.0 Å². The summed E-state index contributed by atoms with van der Waals surface area (Å²) in [6.07, 6.45) is 10.8. The van der Waals surface area contributed by atoms with E-state index >= 15 is 0 Å². The van der Waals surface area contributed by atoms with Crippen molar-refractivity contribution >= 4 is 11.8 Å². The molecule has 3 rings (SSSR count). The third-order valence-corrected chi connectivity index (χ3v) is 6.50. The Labute approximate surface area is 163 Å². The third-order valence-electron chi connectivity index (χ3n) is 6.50. The first-order valence-electron chi connectivity index (χ1n) is 10.8. The van der Waals surface area contributed by atoms with Gasteiger partial charge in [-0.3, -0.25) is 9.59 Å². The second kappa shape index (κ2) is 8.49. The van der Waals surface area contributed by atoms with Gasteiger partial charge < -0.3 is 15.2 Å². The summed E-state index contributed by atoms with van der Waals surface area (Å²) in [5.41, 5.74) is 2.17. The van der Waals surface area contributed by atoms with Crippen molar-refractivity contribution in [3.63, 3.8) is 0 Å². The highest BCUT2D eigenvalue weighted by molar-refractivity contribution is 6.00. The van der Waals surface area contributed by atoms with E-state index in [1.165, 1.54) is 32.1 Å². The Morgan fingerprint density at radius 3 is 2.33 bits per heavy atom. The van der Waals surface area contributed by atoms with Gasteiger partial charge in [-0.1, -0.05) is 38.5 Å². The van der Waals surface area contributed by atoms with Crippen LogP contribution in [0.3, 0.4) is 0 Å². The van der Waals surface area contributed by atoms with E-state index < -0.39 is 5.54 Å². The van der Waals surface area contributed by atoms with Gasteiger partial charge in [-0.15, -0.1) is 0 Å². The van der Waals surface area contributed by atoms with Gasteiger partial charge in [0.2, 0.25) is 5.91 Å². The SMILES string of the molecule is CCNC(=O)C1(NC(=O)c2cc(C)n(C3CCCCC3)c2C)CCCCC1. The number of nitrogens with zero attached hydrogens (tertiary/aromatic N) is 1. The molecule has 0 saturated heterocycles. The minimum absolute atomic E-state index is 0.0286. The van der Waals surface area contributed by atoms with Crippen molar-refractivity contribution in [1.29, 1.82) is 0 Å². The second-order valence-electron chi connectivity index (χ2n) is 8.40. The summed E-state index contributed by atoms with van der Waals surface area (Å²) in [5.74, 6) is -0.127. The van der Waals surface area contributed by atoms with Crippen molar-refractivity contribution in [2.24, 2.45) is 0 Å². The molecule has 1 aromatic rings. The van der Waals surface area contributed by atoms with Crippen LogP contribution in [0.4, 0.5) is 0 Å². The van der Waals surface area contributed by atoms with Crippen LogP contribution in [-0.2, 0) is 4.79 Å². The summed E-state index contributed by atoms with van der Waals surface area (Å²) in [7, 11) is 0. The summed E-state index contributed by atoms with van der Waals surface area (Å²) < 4.78 is 2.35. The van der Waals surface area contributed by atoms with Crippen LogP contribution in [0.25, 0.3) is 0 Å². The molecular formula is C22H35N3O2. The number of hydrogen-bond donors (Lipinski definition) is 2. The Bertz CT molecular complexity index is 680. The zero-order valence-electron chi connectivity index (χ0n) is 17.2. The highest BCUT2D eigenvalue weighted by Gasteiger charge is 2.41. The standard InChI is InChI=1S/C22H35N3O2/c1-4-23-21(27)22(13-9-6-10-14-22)24-20(26)19-15-16(2)25(17(19)3)18-11-7-5-8-12-18/h15,18H,4-14H2,1-3H3,(H,23,27)(H,24,26). The van der Waals surface area contributed by atoms with E-state index in [1.807, 2.05) is 13.0 Å². The fourth-order valence-corrected chi connectivity index (χ4v) is 5.09. The van der Waals surface area contributed by atoms with E-state index in [4.69, 9.17) is 0 Å². The number of hydrogen-bond acceptors (Lipinski definition) is 2. The molecule has 2 aliphatic carbocycles. The van der Waals surface area contributed by atoms with Crippen LogP contribution in [0, 0.1) is 13.8 Å². The van der Waals surface area contributed by atoms with Gasteiger partial charge >= 0.3 is 0 Å². The maximum absolute atomic E-state index is 13.2. The predicted molar refractivity (Wildman–Crippen MR) is 108 cm³/mol. The molecule has 2 fully saturated rings. The van der Waals surface area contributed by atoms with E-state index in [1.54, 1.807) is 0 Å². The Morgan fingerprint density at radius 1 is 1.07 bits per heavy atom. The number of likely N-dealkylation sites (N-methyl/N-ethyl adjacent to an activating group) is 1. The van der Waals surface area contributed by atoms with Crippen LogP contribution in [-0.4, -0.2) is 28.5 Å². The quantitative estimate of drug-likeness (QED) is 0.813. The van der Waals surface area contributed by atoms with Gasteiger partial charge in [0.25, 0.3) is 5.91 Å². The van der Waals surface area contributed by atoms with Gasteiger partial charge in [-0.25, -0.2) is 0 Å². The van der Waals surface area contributed by atoms with Crippen molar-refractivity contribution in [3.8, 4) is 0 Å². The van der Waals surface area contributed by atoms with E-state index in [9.17, 15) is 9.59 Å². The Balaban J connectivity index is 1.83. The molecule has 0 aromatic carbocycles. The summed E-state index contributed by atoms with van der Waals surface area (Å²) in [4.78, 5) is 26.0. The highest BCUT2D eigenvalue weighted by atomic mass is 16.2. The molecule has 2 amide bonds. The van der Waals surface area contributed by atoms with E-state index in [0.29, 0.717) is 12.6 Å². The van der Waals surface area contributed by atoms with Crippen LogP contribution in [0.15, 0.2) is 6.07 Å². The number of aryl methyl sites for hydroxylation is 1. The maximum atomic E-state index is 13.2. The normalized spacial score (nSPS) is 20.3. The van der Waals surface area contributed by atoms with Crippen molar-refractivity contribution < 1.29 is 9.59 Å². The molecule has 1 aromatic heterocycles.